The summed E-state index contributed by atoms with van der Waals surface area (Å²) in [6.45, 7) is 9.63. The molecule has 0 saturated carbocycles. The maximum absolute atomic E-state index is 5.79. The lowest BCUT2D eigenvalue weighted by atomic mass is 9.94. The van der Waals surface area contributed by atoms with Crippen molar-refractivity contribution in [3.63, 3.8) is 0 Å². The number of nitrogens with one attached hydrogen (secondary N) is 1. The molecule has 0 aromatic carbocycles. The van der Waals surface area contributed by atoms with Gasteiger partial charge >= 0.3 is 0 Å². The molecule has 1 N–H and O–H groups in total. The normalized spacial score (nSPS) is 21.9. The highest BCUT2D eigenvalue weighted by Crippen LogP contribution is 2.33. The van der Waals surface area contributed by atoms with Crippen molar-refractivity contribution in [2.75, 3.05) is 31.7 Å². The van der Waals surface area contributed by atoms with Gasteiger partial charge in [0.05, 0.1) is 5.60 Å². The number of ether oxygens (including phenoxy) is 2. The molecule has 0 aliphatic carbocycles. The molecule has 0 spiro atoms. The quantitative estimate of drug-likeness (QED) is 0.781. The van der Waals surface area contributed by atoms with E-state index in [9.17, 15) is 0 Å². The van der Waals surface area contributed by atoms with E-state index in [-0.39, 0.29) is 5.60 Å². The van der Waals surface area contributed by atoms with Gasteiger partial charge in [0.1, 0.15) is 0 Å². The molecule has 20 heavy (non-hydrogen) atoms. The third-order valence-corrected chi connectivity index (χ3v) is 3.69. The van der Waals surface area contributed by atoms with Gasteiger partial charge in [-0.2, -0.15) is 0 Å². The fourth-order valence-electron chi connectivity index (χ4n) is 2.70. The van der Waals surface area contributed by atoms with E-state index >= 15 is 0 Å². The average molecular weight is 281 g/mol. The van der Waals surface area contributed by atoms with Crippen LogP contribution in [0.1, 0.15) is 46.1 Å². The number of nitrogens with zero attached hydrogens (tertiary/aromatic N) is 2. The van der Waals surface area contributed by atoms with Gasteiger partial charge in [0.2, 0.25) is 5.95 Å². The summed E-state index contributed by atoms with van der Waals surface area (Å²) in [5, 5.41) is 3.41. The minimum absolute atomic E-state index is 0.0422. The predicted octanol–water partition coefficient (Wildman–Crippen LogP) is 2.85. The van der Waals surface area contributed by atoms with Crippen molar-refractivity contribution < 1.29 is 9.47 Å². The van der Waals surface area contributed by atoms with Crippen LogP contribution in [0.25, 0.3) is 0 Å². The second-order valence-corrected chi connectivity index (χ2v) is 5.89. The van der Waals surface area contributed by atoms with Gasteiger partial charge < -0.3 is 19.4 Å². The number of rotatable bonds is 7. The Morgan fingerprint density at radius 1 is 1.55 bits per heavy atom. The van der Waals surface area contributed by atoms with Crippen LogP contribution < -0.4 is 5.32 Å². The van der Waals surface area contributed by atoms with Gasteiger partial charge in [-0.05, 0) is 40.0 Å². The lowest BCUT2D eigenvalue weighted by Gasteiger charge is -2.36. The Morgan fingerprint density at radius 3 is 3.15 bits per heavy atom. The molecule has 1 unspecified atom stereocenters. The van der Waals surface area contributed by atoms with Gasteiger partial charge in [0, 0.05) is 44.8 Å². The Morgan fingerprint density at radius 2 is 2.40 bits per heavy atom. The highest BCUT2D eigenvalue weighted by Gasteiger charge is 2.30. The number of anilines is 1. The summed E-state index contributed by atoms with van der Waals surface area (Å²) in [5.41, 5.74) is -0.0422. The third kappa shape index (κ3) is 4.21. The Bertz CT molecular complexity index is 404. The first-order valence-corrected chi connectivity index (χ1v) is 7.61. The number of imidazole rings is 1. The molecule has 0 bridgehead atoms. The molecule has 1 atom stereocenters. The zero-order chi connectivity index (χ0) is 14.4. The molecule has 0 amide bonds. The van der Waals surface area contributed by atoms with E-state index < -0.39 is 0 Å². The van der Waals surface area contributed by atoms with Gasteiger partial charge in [0.15, 0.2) is 0 Å². The average Bonchev–Trinajstić information content (AvgIpc) is 2.86. The van der Waals surface area contributed by atoms with Crippen LogP contribution in [0.2, 0.25) is 0 Å². The smallest absolute Gasteiger partial charge is 0.203 e. The SMILES string of the molecule is CCOCCCNc1nccn1C1CCOC(C)(C)C1. The van der Waals surface area contributed by atoms with Gasteiger partial charge in [-0.15, -0.1) is 0 Å². The second-order valence-electron chi connectivity index (χ2n) is 5.89. The van der Waals surface area contributed by atoms with Crippen LogP contribution >= 0.6 is 0 Å². The minimum Gasteiger partial charge on any atom is -0.382 e. The first kappa shape index (κ1) is 15.3. The lowest BCUT2D eigenvalue weighted by Crippen LogP contribution is -2.35. The van der Waals surface area contributed by atoms with Crippen LogP contribution in [-0.4, -0.2) is 41.5 Å². The first-order valence-electron chi connectivity index (χ1n) is 7.61. The molecule has 2 heterocycles. The number of hydrogen-bond acceptors (Lipinski definition) is 4. The molecule has 1 aromatic rings. The fourth-order valence-corrected chi connectivity index (χ4v) is 2.70. The van der Waals surface area contributed by atoms with Gasteiger partial charge in [-0.3, -0.25) is 0 Å². The number of hydrogen-bond donors (Lipinski definition) is 1. The molecule has 1 saturated heterocycles. The molecule has 5 nitrogen and oxygen atoms in total. The highest BCUT2D eigenvalue weighted by molar-refractivity contribution is 5.26. The van der Waals surface area contributed by atoms with E-state index in [2.05, 4.69) is 34.9 Å². The molecule has 1 fully saturated rings. The van der Waals surface area contributed by atoms with Crippen LogP contribution in [0.5, 0.6) is 0 Å². The second kappa shape index (κ2) is 7.09. The number of aromatic nitrogens is 2. The largest absolute Gasteiger partial charge is 0.382 e. The topological polar surface area (TPSA) is 48.3 Å². The van der Waals surface area contributed by atoms with E-state index in [0.717, 1.165) is 51.6 Å². The summed E-state index contributed by atoms with van der Waals surface area (Å²) in [6.07, 6.45) is 7.01. The molecule has 2 rings (SSSR count). The zero-order valence-electron chi connectivity index (χ0n) is 12.9. The van der Waals surface area contributed by atoms with Gasteiger partial charge in [-0.1, -0.05) is 0 Å². The molecule has 1 aliphatic rings. The maximum Gasteiger partial charge on any atom is 0.203 e. The van der Waals surface area contributed by atoms with Crippen LogP contribution in [0.15, 0.2) is 12.4 Å². The van der Waals surface area contributed by atoms with Crippen molar-refractivity contribution in [3.05, 3.63) is 12.4 Å². The molecule has 114 valence electrons. The van der Waals surface area contributed by atoms with Crippen LogP contribution in [0, 0.1) is 0 Å². The van der Waals surface area contributed by atoms with Gasteiger partial charge in [0.25, 0.3) is 0 Å². The Hall–Kier alpha value is -1.07. The monoisotopic (exact) mass is 281 g/mol. The van der Waals surface area contributed by atoms with Crippen LogP contribution in [-0.2, 0) is 9.47 Å². The molecular weight excluding hydrogens is 254 g/mol. The Kier molecular flexibility index (Phi) is 5.43. The minimum atomic E-state index is -0.0422. The van der Waals surface area contributed by atoms with Crippen molar-refractivity contribution >= 4 is 5.95 Å². The third-order valence-electron chi connectivity index (χ3n) is 3.69. The van der Waals surface area contributed by atoms with E-state index in [0.29, 0.717) is 6.04 Å². The summed E-state index contributed by atoms with van der Waals surface area (Å²) in [5.74, 6) is 0.962. The van der Waals surface area contributed by atoms with Crippen molar-refractivity contribution in [3.8, 4) is 0 Å². The standard InChI is InChI=1S/C15H27N3O2/c1-4-19-10-5-7-16-14-17-8-9-18(14)13-6-11-20-15(2,3)12-13/h8-9,13H,4-7,10-12H2,1-3H3,(H,16,17). The van der Waals surface area contributed by atoms with Crippen LogP contribution in [0.4, 0.5) is 5.95 Å². The summed E-state index contributed by atoms with van der Waals surface area (Å²) in [4.78, 5) is 4.43. The van der Waals surface area contributed by atoms with Crippen molar-refractivity contribution in [1.29, 1.82) is 0 Å². The highest BCUT2D eigenvalue weighted by atomic mass is 16.5. The molecule has 1 aliphatic heterocycles. The summed E-state index contributed by atoms with van der Waals surface area (Å²) < 4.78 is 13.4. The van der Waals surface area contributed by atoms with Crippen LogP contribution in [0.3, 0.4) is 0 Å². The van der Waals surface area contributed by atoms with E-state index in [1.54, 1.807) is 0 Å². The van der Waals surface area contributed by atoms with Gasteiger partial charge in [-0.25, -0.2) is 4.98 Å². The van der Waals surface area contributed by atoms with Crippen molar-refractivity contribution in [2.24, 2.45) is 0 Å². The summed E-state index contributed by atoms with van der Waals surface area (Å²) in [6, 6.07) is 0.468. The van der Waals surface area contributed by atoms with E-state index in [4.69, 9.17) is 9.47 Å². The summed E-state index contributed by atoms with van der Waals surface area (Å²) >= 11 is 0. The summed E-state index contributed by atoms with van der Waals surface area (Å²) in [7, 11) is 0. The maximum atomic E-state index is 5.79. The molecule has 0 radical (unpaired) electrons. The molecule has 5 heteroatoms. The zero-order valence-corrected chi connectivity index (χ0v) is 12.9. The fraction of sp³-hybridized carbons (Fsp3) is 0.800. The predicted molar refractivity (Wildman–Crippen MR) is 80.1 cm³/mol. The Labute approximate surface area is 121 Å². The van der Waals surface area contributed by atoms with Crippen molar-refractivity contribution in [1.82, 2.24) is 9.55 Å². The lowest BCUT2D eigenvalue weighted by molar-refractivity contribution is -0.0688. The molecule has 1 aromatic heterocycles. The van der Waals surface area contributed by atoms with Crippen molar-refractivity contribution in [2.45, 2.75) is 51.7 Å². The van der Waals surface area contributed by atoms with E-state index in [1.165, 1.54) is 0 Å². The van der Waals surface area contributed by atoms with E-state index in [1.807, 2.05) is 13.1 Å². The first-order chi connectivity index (χ1) is 9.62. The molecular formula is C15H27N3O2. The Balaban J connectivity index is 1.88.